The lowest BCUT2D eigenvalue weighted by atomic mass is 10.1. The van der Waals surface area contributed by atoms with Gasteiger partial charge < -0.3 is 10.2 Å². The molecule has 6 heteroatoms. The number of anilines is 1. The summed E-state index contributed by atoms with van der Waals surface area (Å²) in [6.07, 6.45) is -2.08. The second-order valence-electron chi connectivity index (χ2n) is 5.10. The van der Waals surface area contributed by atoms with E-state index in [1.54, 1.807) is 13.0 Å². The maximum absolute atomic E-state index is 13.6. The average molecular weight is 290 g/mol. The minimum atomic E-state index is -4.30. The Kier molecular flexibility index (Phi) is 4.52. The fourth-order valence-electron chi connectivity index (χ4n) is 2.07. The van der Waals surface area contributed by atoms with Crippen LogP contribution in [0.4, 0.5) is 23.2 Å². The molecule has 0 saturated heterocycles. The molecule has 0 bridgehead atoms. The monoisotopic (exact) mass is 290 g/mol. The Hall–Kier alpha value is -1.30. The smallest absolute Gasteiger partial charge is 0.363 e. The Morgan fingerprint density at radius 3 is 2.50 bits per heavy atom. The van der Waals surface area contributed by atoms with Gasteiger partial charge in [-0.3, -0.25) is 0 Å². The van der Waals surface area contributed by atoms with Crippen LogP contribution < -0.4 is 10.2 Å². The standard InChI is InChI=1S/C14H18F4N2/c1-2-20(9-14(16,17)18)13-6-10(5-11(15)7-13)8-19-12-3-4-12/h5-7,12,19H,2-4,8-9H2,1H3. The third kappa shape index (κ3) is 4.67. The molecule has 0 aliphatic heterocycles. The highest BCUT2D eigenvalue weighted by Gasteiger charge is 2.30. The largest absolute Gasteiger partial charge is 0.405 e. The van der Waals surface area contributed by atoms with E-state index in [2.05, 4.69) is 5.32 Å². The summed E-state index contributed by atoms with van der Waals surface area (Å²) >= 11 is 0. The van der Waals surface area contributed by atoms with Gasteiger partial charge in [-0.05, 0) is 43.5 Å². The normalized spacial score (nSPS) is 15.4. The van der Waals surface area contributed by atoms with Crippen molar-refractivity contribution in [3.05, 3.63) is 29.6 Å². The molecule has 20 heavy (non-hydrogen) atoms. The van der Waals surface area contributed by atoms with Crippen LogP contribution in [0.1, 0.15) is 25.3 Å². The van der Waals surface area contributed by atoms with Crippen molar-refractivity contribution in [1.29, 1.82) is 0 Å². The van der Waals surface area contributed by atoms with Crippen molar-refractivity contribution >= 4 is 5.69 Å². The van der Waals surface area contributed by atoms with Crippen molar-refractivity contribution in [2.75, 3.05) is 18.0 Å². The van der Waals surface area contributed by atoms with Crippen molar-refractivity contribution in [3.8, 4) is 0 Å². The molecular formula is C14H18F4N2. The predicted octanol–water partition coefficient (Wildman–Crippen LogP) is 3.47. The molecule has 0 heterocycles. The first kappa shape index (κ1) is 15.1. The maximum atomic E-state index is 13.6. The zero-order chi connectivity index (χ0) is 14.8. The van der Waals surface area contributed by atoms with Crippen LogP contribution in [0.15, 0.2) is 18.2 Å². The van der Waals surface area contributed by atoms with E-state index in [4.69, 9.17) is 0 Å². The molecule has 2 nitrogen and oxygen atoms in total. The van der Waals surface area contributed by atoms with Crippen LogP contribution in [0.25, 0.3) is 0 Å². The molecule has 0 unspecified atom stereocenters. The van der Waals surface area contributed by atoms with Gasteiger partial charge in [-0.1, -0.05) is 0 Å². The highest BCUT2D eigenvalue weighted by Crippen LogP contribution is 2.25. The molecule has 0 spiro atoms. The predicted molar refractivity (Wildman–Crippen MR) is 70.2 cm³/mol. The molecule has 1 saturated carbocycles. The summed E-state index contributed by atoms with van der Waals surface area (Å²) in [6.45, 7) is 1.22. The fourth-order valence-corrected chi connectivity index (χ4v) is 2.07. The van der Waals surface area contributed by atoms with Gasteiger partial charge in [0.15, 0.2) is 0 Å². The van der Waals surface area contributed by atoms with E-state index in [0.717, 1.165) is 23.8 Å². The molecule has 1 N–H and O–H groups in total. The van der Waals surface area contributed by atoms with Crippen LogP contribution >= 0.6 is 0 Å². The van der Waals surface area contributed by atoms with Crippen LogP contribution in [0.2, 0.25) is 0 Å². The number of hydrogen-bond acceptors (Lipinski definition) is 2. The lowest BCUT2D eigenvalue weighted by molar-refractivity contribution is -0.119. The Balaban J connectivity index is 2.11. The summed E-state index contributed by atoms with van der Waals surface area (Å²) in [5, 5.41) is 3.23. The summed E-state index contributed by atoms with van der Waals surface area (Å²) in [5.74, 6) is -0.504. The Morgan fingerprint density at radius 2 is 1.95 bits per heavy atom. The van der Waals surface area contributed by atoms with E-state index in [-0.39, 0.29) is 12.2 Å². The number of rotatable bonds is 6. The van der Waals surface area contributed by atoms with Gasteiger partial charge in [-0.25, -0.2) is 4.39 Å². The van der Waals surface area contributed by atoms with Gasteiger partial charge in [0.1, 0.15) is 12.4 Å². The average Bonchev–Trinajstić information content (AvgIpc) is 3.15. The molecule has 112 valence electrons. The topological polar surface area (TPSA) is 15.3 Å². The van der Waals surface area contributed by atoms with Crippen molar-refractivity contribution < 1.29 is 17.6 Å². The Labute approximate surface area is 115 Å². The number of benzene rings is 1. The van der Waals surface area contributed by atoms with Gasteiger partial charge in [-0.15, -0.1) is 0 Å². The minimum absolute atomic E-state index is 0.179. The number of halogens is 4. The molecular weight excluding hydrogens is 272 g/mol. The molecule has 1 aliphatic rings. The van der Waals surface area contributed by atoms with Crippen LogP contribution in [0.5, 0.6) is 0 Å². The zero-order valence-electron chi connectivity index (χ0n) is 11.3. The first-order valence-corrected chi connectivity index (χ1v) is 6.72. The third-order valence-corrected chi connectivity index (χ3v) is 3.23. The Morgan fingerprint density at radius 1 is 1.25 bits per heavy atom. The van der Waals surface area contributed by atoms with Crippen molar-refractivity contribution in [1.82, 2.24) is 5.32 Å². The molecule has 2 rings (SSSR count). The molecule has 1 aromatic carbocycles. The number of hydrogen-bond donors (Lipinski definition) is 1. The van der Waals surface area contributed by atoms with E-state index < -0.39 is 18.5 Å². The molecule has 1 aliphatic carbocycles. The van der Waals surface area contributed by atoms with E-state index in [0.29, 0.717) is 18.2 Å². The van der Waals surface area contributed by atoms with E-state index in [9.17, 15) is 17.6 Å². The summed E-state index contributed by atoms with van der Waals surface area (Å²) in [6, 6.07) is 4.60. The summed E-state index contributed by atoms with van der Waals surface area (Å²) in [7, 11) is 0. The van der Waals surface area contributed by atoms with Crippen molar-refractivity contribution in [3.63, 3.8) is 0 Å². The van der Waals surface area contributed by atoms with Gasteiger partial charge in [0.2, 0.25) is 0 Å². The van der Waals surface area contributed by atoms with Gasteiger partial charge in [0.05, 0.1) is 0 Å². The summed E-state index contributed by atoms with van der Waals surface area (Å²) < 4.78 is 51.0. The highest BCUT2D eigenvalue weighted by molar-refractivity contribution is 5.49. The number of nitrogens with zero attached hydrogens (tertiary/aromatic N) is 1. The molecule has 1 aromatic rings. The number of alkyl halides is 3. The van der Waals surface area contributed by atoms with Crippen molar-refractivity contribution in [2.24, 2.45) is 0 Å². The van der Waals surface area contributed by atoms with E-state index >= 15 is 0 Å². The molecule has 0 atom stereocenters. The van der Waals surface area contributed by atoms with E-state index in [1.165, 1.54) is 6.07 Å². The second-order valence-corrected chi connectivity index (χ2v) is 5.10. The second kappa shape index (κ2) is 5.99. The number of nitrogens with one attached hydrogen (secondary N) is 1. The fraction of sp³-hybridized carbons (Fsp3) is 0.571. The van der Waals surface area contributed by atoms with Crippen LogP contribution in [0.3, 0.4) is 0 Å². The lowest BCUT2D eigenvalue weighted by Gasteiger charge is -2.25. The van der Waals surface area contributed by atoms with Crippen LogP contribution in [0, 0.1) is 5.82 Å². The molecule has 1 fully saturated rings. The summed E-state index contributed by atoms with van der Waals surface area (Å²) in [4.78, 5) is 1.13. The third-order valence-electron chi connectivity index (χ3n) is 3.23. The van der Waals surface area contributed by atoms with Gasteiger partial charge in [-0.2, -0.15) is 13.2 Å². The minimum Gasteiger partial charge on any atom is -0.363 e. The van der Waals surface area contributed by atoms with Crippen LogP contribution in [-0.2, 0) is 6.54 Å². The van der Waals surface area contributed by atoms with Crippen LogP contribution in [-0.4, -0.2) is 25.3 Å². The molecule has 0 radical (unpaired) electrons. The summed E-state index contributed by atoms with van der Waals surface area (Å²) in [5.41, 5.74) is 0.949. The molecule has 0 aromatic heterocycles. The highest BCUT2D eigenvalue weighted by atomic mass is 19.4. The molecule has 0 amide bonds. The SMILES string of the molecule is CCN(CC(F)(F)F)c1cc(F)cc(CNC2CC2)c1. The first-order chi connectivity index (χ1) is 9.37. The zero-order valence-corrected chi connectivity index (χ0v) is 11.3. The van der Waals surface area contributed by atoms with Gasteiger partial charge in [0.25, 0.3) is 0 Å². The lowest BCUT2D eigenvalue weighted by Crippen LogP contribution is -2.34. The maximum Gasteiger partial charge on any atom is 0.405 e. The Bertz CT molecular complexity index is 455. The van der Waals surface area contributed by atoms with E-state index in [1.807, 2.05) is 0 Å². The first-order valence-electron chi connectivity index (χ1n) is 6.72. The quantitative estimate of drug-likeness (QED) is 0.807. The van der Waals surface area contributed by atoms with Gasteiger partial charge >= 0.3 is 6.18 Å². The van der Waals surface area contributed by atoms with Crippen molar-refractivity contribution in [2.45, 2.75) is 38.5 Å². The van der Waals surface area contributed by atoms with Gasteiger partial charge in [0, 0.05) is 24.8 Å².